The molecule has 61 heavy (non-hydrogen) atoms. The molecule has 0 radical (unpaired) electrons. The van der Waals surface area contributed by atoms with Crippen LogP contribution in [0.3, 0.4) is 0 Å². The summed E-state index contributed by atoms with van der Waals surface area (Å²) in [4.78, 5) is 0. The molecule has 0 unspecified atom stereocenters. The molecule has 0 bridgehead atoms. The van der Waals surface area contributed by atoms with E-state index >= 15 is 0 Å². The van der Waals surface area contributed by atoms with E-state index in [9.17, 15) is 0 Å². The number of fused-ring (bicyclic) bond motifs is 13. The van der Waals surface area contributed by atoms with E-state index in [0.29, 0.717) is 0 Å². The average Bonchev–Trinajstić information content (AvgIpc) is 3.86. The normalized spacial score (nSPS) is 14.5. The zero-order chi connectivity index (χ0) is 40.8. The van der Waals surface area contributed by atoms with Gasteiger partial charge in [0.15, 0.2) is 0 Å². The molecule has 2 aliphatic carbocycles. The number of thiophene rings is 1. The Morgan fingerprint density at radius 2 is 0.820 bits per heavy atom. The molecule has 10 aromatic carbocycles. The van der Waals surface area contributed by atoms with Gasteiger partial charge >= 0.3 is 0 Å². The van der Waals surface area contributed by atoms with E-state index in [1.54, 1.807) is 0 Å². The van der Waals surface area contributed by atoms with E-state index < -0.39 is 0 Å². The summed E-state index contributed by atoms with van der Waals surface area (Å²) in [5, 5.41) is 10.5. The lowest BCUT2D eigenvalue weighted by molar-refractivity contribution is 0.662. The largest absolute Gasteiger partial charge is 0.134 e. The Kier molecular flexibility index (Phi) is 7.11. The van der Waals surface area contributed by atoms with Gasteiger partial charge in [-0.2, -0.15) is 0 Å². The van der Waals surface area contributed by atoms with Gasteiger partial charge in [-0.3, -0.25) is 0 Å². The highest BCUT2D eigenvalue weighted by Gasteiger charge is 2.39. The number of hydrogen-bond acceptors (Lipinski definition) is 1. The summed E-state index contributed by atoms with van der Waals surface area (Å²) in [5.41, 5.74) is 18.7. The van der Waals surface area contributed by atoms with Gasteiger partial charge in [-0.15, -0.1) is 11.3 Å². The second kappa shape index (κ2) is 12.4. The second-order valence-corrected chi connectivity index (χ2v) is 19.4. The van der Waals surface area contributed by atoms with Gasteiger partial charge in [-0.25, -0.2) is 0 Å². The van der Waals surface area contributed by atoms with Crippen molar-refractivity contribution in [3.8, 4) is 55.6 Å². The Labute approximate surface area is 360 Å². The van der Waals surface area contributed by atoms with Crippen molar-refractivity contribution in [1.82, 2.24) is 0 Å². The SMILES string of the molecule is CC1(C)c2ccccc2-c2cccc(-c3c4ccccc4c(-c4ccc(-c5c6ccccc6cc6c5sc5ccc7c(c56)C(C)(C)c5ccccc5-7)cc4)c4ccccc34)c21. The van der Waals surface area contributed by atoms with Gasteiger partial charge in [0.05, 0.1) is 0 Å². The lowest BCUT2D eigenvalue weighted by Crippen LogP contribution is -2.16. The molecular weight excluding hydrogens is 753 g/mol. The predicted molar refractivity (Wildman–Crippen MR) is 263 cm³/mol. The summed E-state index contributed by atoms with van der Waals surface area (Å²) in [6.07, 6.45) is 0. The molecule has 1 aromatic heterocycles. The van der Waals surface area contributed by atoms with Gasteiger partial charge in [0.25, 0.3) is 0 Å². The molecule has 1 heteroatoms. The Hall–Kier alpha value is -6.80. The summed E-state index contributed by atoms with van der Waals surface area (Å²) in [6, 6.07) is 68.8. The van der Waals surface area contributed by atoms with Gasteiger partial charge < -0.3 is 0 Å². The van der Waals surface area contributed by atoms with Gasteiger partial charge in [-0.1, -0.05) is 198 Å². The number of benzene rings is 10. The molecule has 0 nitrogen and oxygen atoms in total. The first kappa shape index (κ1) is 35.0. The standard InChI is InChI=1S/C60H42S/c1-59(2)49-26-13-11-18-39(49)45-24-15-25-47(56(45)59)54-43-22-9-7-20-41(43)52(42-21-8-10-23-44(42)54)35-28-30-36(31-29-35)53-38-17-6-5-16-37(38)34-48-55-51(61-58(48)53)33-32-46-40-19-12-14-27-50(40)60(3,4)57(46)55/h5-34H,1-4H3. The van der Waals surface area contributed by atoms with Crippen molar-refractivity contribution in [3.05, 3.63) is 204 Å². The fraction of sp³-hybridized carbons (Fsp3) is 0.100. The maximum atomic E-state index is 2.46. The molecule has 288 valence electrons. The molecule has 0 saturated heterocycles. The van der Waals surface area contributed by atoms with Gasteiger partial charge in [0.1, 0.15) is 0 Å². The summed E-state index contributed by atoms with van der Waals surface area (Å²) in [7, 11) is 0. The van der Waals surface area contributed by atoms with E-state index in [1.807, 2.05) is 11.3 Å². The minimum Gasteiger partial charge on any atom is -0.134 e. The second-order valence-electron chi connectivity index (χ2n) is 18.3. The lowest BCUT2D eigenvalue weighted by Gasteiger charge is -2.26. The molecule has 0 atom stereocenters. The van der Waals surface area contributed by atoms with E-state index in [-0.39, 0.29) is 10.8 Å². The first-order valence-corrected chi connectivity index (χ1v) is 22.4. The summed E-state index contributed by atoms with van der Waals surface area (Å²) in [6.45, 7) is 9.62. The van der Waals surface area contributed by atoms with Crippen molar-refractivity contribution >= 4 is 63.8 Å². The van der Waals surface area contributed by atoms with Crippen LogP contribution in [-0.2, 0) is 10.8 Å². The summed E-state index contributed by atoms with van der Waals surface area (Å²) in [5.74, 6) is 0. The Balaban J connectivity index is 1.02. The van der Waals surface area contributed by atoms with Gasteiger partial charge in [-0.05, 0) is 117 Å². The van der Waals surface area contributed by atoms with Crippen LogP contribution in [0.2, 0.25) is 0 Å². The van der Waals surface area contributed by atoms with Crippen molar-refractivity contribution in [1.29, 1.82) is 0 Å². The van der Waals surface area contributed by atoms with Crippen molar-refractivity contribution in [2.75, 3.05) is 0 Å². The minimum atomic E-state index is -0.123. The first-order valence-electron chi connectivity index (χ1n) is 21.6. The van der Waals surface area contributed by atoms with E-state index in [4.69, 9.17) is 0 Å². The van der Waals surface area contributed by atoms with Crippen LogP contribution in [0.25, 0.3) is 108 Å². The molecule has 1 heterocycles. The maximum Gasteiger partial charge on any atom is 0.0440 e. The fourth-order valence-corrected chi connectivity index (χ4v) is 13.1. The third-order valence-corrected chi connectivity index (χ3v) is 15.6. The van der Waals surface area contributed by atoms with E-state index in [0.717, 1.165) is 0 Å². The predicted octanol–water partition coefficient (Wildman–Crippen LogP) is 17.1. The molecular formula is C60H42S. The zero-order valence-corrected chi connectivity index (χ0v) is 35.5. The molecule has 0 spiro atoms. The van der Waals surface area contributed by atoms with Gasteiger partial charge in [0.2, 0.25) is 0 Å². The molecule has 0 saturated carbocycles. The quantitative estimate of drug-likeness (QED) is 0.156. The van der Waals surface area contributed by atoms with Crippen LogP contribution in [0, 0.1) is 0 Å². The van der Waals surface area contributed by atoms with Crippen LogP contribution in [-0.4, -0.2) is 0 Å². The third-order valence-electron chi connectivity index (χ3n) is 14.4. The van der Waals surface area contributed by atoms with Crippen molar-refractivity contribution in [2.45, 2.75) is 38.5 Å². The van der Waals surface area contributed by atoms with Crippen LogP contribution in [0.4, 0.5) is 0 Å². The van der Waals surface area contributed by atoms with Crippen LogP contribution >= 0.6 is 11.3 Å². The Morgan fingerprint density at radius 3 is 1.46 bits per heavy atom. The monoisotopic (exact) mass is 794 g/mol. The summed E-state index contributed by atoms with van der Waals surface area (Å²) >= 11 is 1.95. The highest BCUT2D eigenvalue weighted by molar-refractivity contribution is 7.26. The average molecular weight is 795 g/mol. The fourth-order valence-electron chi connectivity index (χ4n) is 11.8. The molecule has 0 aliphatic heterocycles. The van der Waals surface area contributed by atoms with E-state index in [1.165, 1.54) is 130 Å². The van der Waals surface area contributed by atoms with Crippen LogP contribution in [0.1, 0.15) is 49.9 Å². The van der Waals surface area contributed by atoms with Crippen molar-refractivity contribution in [2.24, 2.45) is 0 Å². The molecule has 0 amide bonds. The zero-order valence-electron chi connectivity index (χ0n) is 34.7. The molecule has 2 aliphatic rings. The molecule has 13 rings (SSSR count). The molecule has 0 N–H and O–H groups in total. The van der Waals surface area contributed by atoms with Crippen molar-refractivity contribution < 1.29 is 0 Å². The van der Waals surface area contributed by atoms with E-state index in [2.05, 4.69) is 210 Å². The van der Waals surface area contributed by atoms with Crippen LogP contribution in [0.15, 0.2) is 182 Å². The van der Waals surface area contributed by atoms with Crippen LogP contribution in [0.5, 0.6) is 0 Å². The minimum absolute atomic E-state index is 0.0875. The Bertz CT molecular complexity index is 3630. The smallest absolute Gasteiger partial charge is 0.0440 e. The topological polar surface area (TPSA) is 0 Å². The highest BCUT2D eigenvalue weighted by atomic mass is 32.1. The lowest BCUT2D eigenvalue weighted by atomic mass is 9.77. The van der Waals surface area contributed by atoms with Crippen molar-refractivity contribution in [3.63, 3.8) is 0 Å². The summed E-state index contributed by atoms with van der Waals surface area (Å²) < 4.78 is 2.72. The third kappa shape index (κ3) is 4.65. The van der Waals surface area contributed by atoms with Gasteiger partial charge in [0, 0.05) is 36.6 Å². The molecule has 11 aromatic rings. The number of hydrogen-bond donors (Lipinski definition) is 0. The number of rotatable bonds is 3. The van der Waals surface area contributed by atoms with Crippen LogP contribution < -0.4 is 0 Å². The first-order chi connectivity index (χ1) is 29.8. The molecule has 0 fully saturated rings. The Morgan fingerprint density at radius 1 is 0.344 bits per heavy atom. The maximum absolute atomic E-state index is 2.46. The highest BCUT2D eigenvalue weighted by Crippen LogP contribution is 2.57.